The van der Waals surface area contributed by atoms with Gasteiger partial charge in [-0.3, -0.25) is 0 Å². The van der Waals surface area contributed by atoms with Crippen LogP contribution in [0.3, 0.4) is 0 Å². The van der Waals surface area contributed by atoms with Gasteiger partial charge in [-0.1, -0.05) is 19.4 Å². The number of hydrogen-bond acceptors (Lipinski definition) is 1. The molecule has 0 aliphatic carbocycles. The van der Waals surface area contributed by atoms with Crippen molar-refractivity contribution < 1.29 is 4.21 Å². The molecular formula is C12H25NOS. The van der Waals surface area contributed by atoms with Crippen LogP contribution in [-0.4, -0.2) is 15.0 Å². The van der Waals surface area contributed by atoms with Crippen LogP contribution < -0.4 is 4.72 Å². The highest BCUT2D eigenvalue weighted by molar-refractivity contribution is 7.84. The fourth-order valence-corrected chi connectivity index (χ4v) is 2.09. The smallest absolute Gasteiger partial charge is 0.0972 e. The number of hydrogen-bond donors (Lipinski definition) is 1. The monoisotopic (exact) mass is 231 g/mol. The third-order valence-electron chi connectivity index (χ3n) is 2.19. The summed E-state index contributed by atoms with van der Waals surface area (Å²) in [5, 5.41) is 0. The minimum atomic E-state index is -0.996. The van der Waals surface area contributed by atoms with Crippen LogP contribution in [0.5, 0.6) is 0 Å². The van der Waals surface area contributed by atoms with Crippen LogP contribution in [-0.2, 0) is 11.0 Å². The van der Waals surface area contributed by atoms with E-state index in [0.29, 0.717) is 5.92 Å². The predicted molar refractivity (Wildman–Crippen MR) is 69.1 cm³/mol. The van der Waals surface area contributed by atoms with E-state index < -0.39 is 11.0 Å². The van der Waals surface area contributed by atoms with Gasteiger partial charge in [0.25, 0.3) is 0 Å². The average molecular weight is 231 g/mol. The summed E-state index contributed by atoms with van der Waals surface area (Å²) in [7, 11) is -0.996. The molecule has 2 nitrogen and oxygen atoms in total. The Hall–Kier alpha value is -0.150. The SMILES string of the molecule is C=C(C)C[C@H](N[S@](=O)C(C)(C)C)C(C)C. The molecule has 0 aromatic heterocycles. The molecule has 0 aromatic rings. The van der Waals surface area contributed by atoms with Gasteiger partial charge >= 0.3 is 0 Å². The van der Waals surface area contributed by atoms with E-state index in [-0.39, 0.29) is 10.8 Å². The predicted octanol–water partition coefficient (Wildman–Crippen LogP) is 3.03. The van der Waals surface area contributed by atoms with Crippen molar-refractivity contribution in [1.82, 2.24) is 4.72 Å². The van der Waals surface area contributed by atoms with Gasteiger partial charge in [-0.25, -0.2) is 8.93 Å². The van der Waals surface area contributed by atoms with E-state index in [1.54, 1.807) is 0 Å². The Bertz CT molecular complexity index is 240. The molecule has 0 saturated heterocycles. The first-order valence-electron chi connectivity index (χ1n) is 5.47. The highest BCUT2D eigenvalue weighted by atomic mass is 32.2. The minimum absolute atomic E-state index is 0.206. The molecule has 2 atom stereocenters. The summed E-state index contributed by atoms with van der Waals surface area (Å²) in [5.74, 6) is 0.466. The molecule has 0 saturated carbocycles. The molecule has 0 aliphatic rings. The summed E-state index contributed by atoms with van der Waals surface area (Å²) >= 11 is 0. The molecule has 0 amide bonds. The largest absolute Gasteiger partial charge is 0.242 e. The second kappa shape index (κ2) is 5.80. The molecule has 0 heterocycles. The van der Waals surface area contributed by atoms with Gasteiger partial charge in [-0.05, 0) is 40.0 Å². The molecule has 0 radical (unpaired) electrons. The van der Waals surface area contributed by atoms with Crippen LogP contribution in [0.25, 0.3) is 0 Å². The molecule has 0 bridgehead atoms. The maximum absolute atomic E-state index is 11.9. The fourth-order valence-electron chi connectivity index (χ4n) is 1.10. The minimum Gasteiger partial charge on any atom is -0.242 e. The standard InChI is InChI=1S/C12H25NOS/c1-9(2)8-11(10(3)4)13-15(14)12(5,6)7/h10-11,13H,1,8H2,2-7H3/t11-,15+/m0/s1. The topological polar surface area (TPSA) is 29.1 Å². The van der Waals surface area contributed by atoms with Crippen LogP contribution in [0.15, 0.2) is 12.2 Å². The second-order valence-corrected chi connectivity index (χ2v) is 7.51. The Morgan fingerprint density at radius 2 is 1.87 bits per heavy atom. The van der Waals surface area contributed by atoms with Gasteiger partial charge in [0.15, 0.2) is 0 Å². The van der Waals surface area contributed by atoms with Gasteiger partial charge in [-0.2, -0.15) is 0 Å². The summed E-state index contributed by atoms with van der Waals surface area (Å²) in [6.45, 7) is 16.1. The molecule has 0 aromatic carbocycles. The lowest BCUT2D eigenvalue weighted by Crippen LogP contribution is -2.42. The van der Waals surface area contributed by atoms with Crippen LogP contribution in [0.2, 0.25) is 0 Å². The highest BCUT2D eigenvalue weighted by Crippen LogP contribution is 2.16. The molecule has 0 fully saturated rings. The number of rotatable bonds is 5. The maximum atomic E-state index is 11.9. The zero-order valence-electron chi connectivity index (χ0n) is 10.9. The summed E-state index contributed by atoms with van der Waals surface area (Å²) in [6, 6.07) is 0.252. The zero-order chi connectivity index (χ0) is 12.2. The van der Waals surface area contributed by atoms with Crippen LogP contribution in [0.1, 0.15) is 48.0 Å². The Morgan fingerprint density at radius 1 is 1.40 bits per heavy atom. The van der Waals surface area contributed by atoms with E-state index in [0.717, 1.165) is 12.0 Å². The van der Waals surface area contributed by atoms with Crippen molar-refractivity contribution in [2.24, 2.45) is 5.92 Å². The van der Waals surface area contributed by atoms with Crippen molar-refractivity contribution in [3.8, 4) is 0 Å². The molecule has 90 valence electrons. The first-order chi connectivity index (χ1) is 6.64. The Morgan fingerprint density at radius 3 is 2.13 bits per heavy atom. The van der Waals surface area contributed by atoms with Crippen molar-refractivity contribution in [2.45, 2.75) is 58.8 Å². The lowest BCUT2D eigenvalue weighted by molar-refractivity contribution is 0.453. The Labute approximate surface area is 97.1 Å². The summed E-state index contributed by atoms with van der Waals surface area (Å²) in [4.78, 5) is 0. The van der Waals surface area contributed by atoms with E-state index >= 15 is 0 Å². The summed E-state index contributed by atoms with van der Waals surface area (Å²) < 4.78 is 14.9. The van der Waals surface area contributed by atoms with E-state index in [4.69, 9.17) is 0 Å². The van der Waals surface area contributed by atoms with Gasteiger partial charge in [0, 0.05) is 6.04 Å². The molecule has 1 N–H and O–H groups in total. The molecule has 0 aliphatic heterocycles. The average Bonchev–Trinajstić information content (AvgIpc) is 1.99. The van der Waals surface area contributed by atoms with Crippen molar-refractivity contribution in [3.63, 3.8) is 0 Å². The lowest BCUT2D eigenvalue weighted by atomic mass is 9.99. The van der Waals surface area contributed by atoms with Crippen LogP contribution in [0, 0.1) is 5.92 Å². The van der Waals surface area contributed by atoms with Crippen LogP contribution in [0.4, 0.5) is 0 Å². The molecule has 0 spiro atoms. The molecule has 3 heteroatoms. The van der Waals surface area contributed by atoms with Gasteiger partial charge in [0.1, 0.15) is 0 Å². The van der Waals surface area contributed by atoms with Gasteiger partial charge < -0.3 is 0 Å². The van der Waals surface area contributed by atoms with Gasteiger partial charge in [0.05, 0.1) is 15.7 Å². The highest BCUT2D eigenvalue weighted by Gasteiger charge is 2.24. The summed E-state index contributed by atoms with van der Waals surface area (Å²) in [6.07, 6.45) is 0.888. The third-order valence-corrected chi connectivity index (χ3v) is 3.82. The quantitative estimate of drug-likeness (QED) is 0.724. The van der Waals surface area contributed by atoms with Crippen molar-refractivity contribution >= 4 is 11.0 Å². The fraction of sp³-hybridized carbons (Fsp3) is 0.833. The van der Waals surface area contributed by atoms with E-state index in [1.807, 2.05) is 27.7 Å². The van der Waals surface area contributed by atoms with Crippen LogP contribution >= 0.6 is 0 Å². The number of nitrogens with one attached hydrogen (secondary N) is 1. The van der Waals surface area contributed by atoms with Crippen molar-refractivity contribution in [2.75, 3.05) is 0 Å². The molecule has 0 unspecified atom stereocenters. The zero-order valence-corrected chi connectivity index (χ0v) is 11.7. The Balaban J connectivity index is 4.42. The molecule has 15 heavy (non-hydrogen) atoms. The van der Waals surface area contributed by atoms with Gasteiger partial charge in [0.2, 0.25) is 0 Å². The lowest BCUT2D eigenvalue weighted by Gasteiger charge is -2.26. The van der Waals surface area contributed by atoms with E-state index in [1.165, 1.54) is 0 Å². The molecular weight excluding hydrogens is 206 g/mol. The maximum Gasteiger partial charge on any atom is 0.0972 e. The first kappa shape index (κ1) is 14.8. The normalized spacial score (nSPS) is 16.5. The van der Waals surface area contributed by atoms with Gasteiger partial charge in [-0.15, -0.1) is 6.58 Å². The third kappa shape index (κ3) is 6.10. The van der Waals surface area contributed by atoms with Crippen molar-refractivity contribution in [1.29, 1.82) is 0 Å². The summed E-state index contributed by atoms with van der Waals surface area (Å²) in [5.41, 5.74) is 1.13. The van der Waals surface area contributed by atoms with E-state index in [9.17, 15) is 4.21 Å². The van der Waals surface area contributed by atoms with E-state index in [2.05, 4.69) is 25.1 Å². The second-order valence-electron chi connectivity index (χ2n) is 5.51. The molecule has 0 rings (SSSR count). The first-order valence-corrected chi connectivity index (χ1v) is 6.62. The van der Waals surface area contributed by atoms with Crippen molar-refractivity contribution in [3.05, 3.63) is 12.2 Å². The Kier molecular flexibility index (Phi) is 5.75.